The van der Waals surface area contributed by atoms with Gasteiger partial charge in [0, 0.05) is 24.7 Å². The predicted octanol–water partition coefficient (Wildman–Crippen LogP) is 1.65. The van der Waals surface area contributed by atoms with Crippen LogP contribution in [0.3, 0.4) is 0 Å². The molecule has 0 fully saturated rings. The number of fused-ring (bicyclic) bond motifs is 1. The van der Waals surface area contributed by atoms with Gasteiger partial charge in [-0.25, -0.2) is 9.48 Å². The molecule has 0 saturated heterocycles. The minimum atomic E-state index is -4.45. The Kier molecular flexibility index (Phi) is 5.15. The number of methoxy groups -OCH3 is 1. The number of hydrogen-bond donors (Lipinski definition) is 2. The number of rotatable bonds is 4. The van der Waals surface area contributed by atoms with Crippen LogP contribution in [-0.4, -0.2) is 47.5 Å². The van der Waals surface area contributed by atoms with Gasteiger partial charge >= 0.3 is 12.1 Å². The molecule has 0 aliphatic carbocycles. The third kappa shape index (κ3) is 4.06. The average Bonchev–Trinajstić information content (AvgIpc) is 2.92. The summed E-state index contributed by atoms with van der Waals surface area (Å²) in [6, 6.07) is -0.891. The Balaban J connectivity index is 2.09. The third-order valence-corrected chi connectivity index (χ3v) is 3.45. The molecule has 2 atom stereocenters. The van der Waals surface area contributed by atoms with Gasteiger partial charge in [0.25, 0.3) is 5.91 Å². The lowest BCUT2D eigenvalue weighted by Crippen LogP contribution is -2.38. The van der Waals surface area contributed by atoms with Crippen molar-refractivity contribution >= 4 is 17.7 Å². The zero-order valence-corrected chi connectivity index (χ0v) is 13.1. The fourth-order valence-electron chi connectivity index (χ4n) is 2.33. The number of alkyl halides is 3. The van der Waals surface area contributed by atoms with Crippen LogP contribution >= 0.6 is 0 Å². The molecule has 1 aromatic rings. The summed E-state index contributed by atoms with van der Waals surface area (Å²) in [4.78, 5) is 22.8. The Morgan fingerprint density at radius 3 is 2.88 bits per heavy atom. The fraction of sp³-hybridized carbons (Fsp3) is 0.500. The number of halogens is 3. The normalized spacial score (nSPS) is 20.4. The molecule has 0 spiro atoms. The minimum absolute atomic E-state index is 0.0165. The Morgan fingerprint density at radius 2 is 2.25 bits per heavy atom. The number of nitrogens with one attached hydrogen (secondary N) is 2. The highest BCUT2D eigenvalue weighted by molar-refractivity contribution is 5.93. The monoisotopic (exact) mass is 346 g/mol. The number of amides is 1. The molecule has 0 aromatic carbocycles. The standard InChI is InChI=1S/C14H17F3N4O3/c1-8-6-10(14(15,16)17)21-11(19-8)7-9(20-21)13(23)18-5-3-4-12(22)24-2/h3-4,7-8,10,19H,5-6H2,1-2H3,(H,18,23)/b4-3+. The van der Waals surface area contributed by atoms with Crippen LogP contribution in [0.5, 0.6) is 0 Å². The van der Waals surface area contributed by atoms with Crippen molar-refractivity contribution < 1.29 is 27.5 Å². The van der Waals surface area contributed by atoms with Crippen LogP contribution in [0.25, 0.3) is 0 Å². The van der Waals surface area contributed by atoms with Gasteiger partial charge in [-0.05, 0) is 13.3 Å². The molecular weight excluding hydrogens is 329 g/mol. The average molecular weight is 346 g/mol. The van der Waals surface area contributed by atoms with E-state index in [9.17, 15) is 22.8 Å². The molecule has 1 aromatic heterocycles. The number of ether oxygens (including phenoxy) is 1. The van der Waals surface area contributed by atoms with Gasteiger partial charge in [0.05, 0.1) is 7.11 Å². The summed E-state index contributed by atoms with van der Waals surface area (Å²) >= 11 is 0. The van der Waals surface area contributed by atoms with Gasteiger partial charge in [0.15, 0.2) is 11.7 Å². The van der Waals surface area contributed by atoms with E-state index in [1.165, 1.54) is 19.3 Å². The van der Waals surface area contributed by atoms with Crippen molar-refractivity contribution in [2.75, 3.05) is 19.0 Å². The second-order valence-corrected chi connectivity index (χ2v) is 5.33. The van der Waals surface area contributed by atoms with Crippen LogP contribution in [0.15, 0.2) is 18.2 Å². The first-order valence-corrected chi connectivity index (χ1v) is 7.18. The van der Waals surface area contributed by atoms with Crippen LogP contribution in [-0.2, 0) is 9.53 Å². The maximum atomic E-state index is 13.1. The van der Waals surface area contributed by atoms with E-state index in [0.717, 1.165) is 10.8 Å². The lowest BCUT2D eigenvalue weighted by atomic mass is 10.1. The van der Waals surface area contributed by atoms with E-state index in [1.807, 2.05) is 0 Å². The number of esters is 1. The first-order chi connectivity index (χ1) is 11.2. The second kappa shape index (κ2) is 6.93. The van der Waals surface area contributed by atoms with Crippen molar-refractivity contribution in [3.8, 4) is 0 Å². The molecule has 7 nitrogen and oxygen atoms in total. The Labute approximate surface area is 135 Å². The van der Waals surface area contributed by atoms with Gasteiger partial charge in [-0.15, -0.1) is 0 Å². The van der Waals surface area contributed by atoms with Crippen molar-refractivity contribution in [1.29, 1.82) is 0 Å². The maximum Gasteiger partial charge on any atom is 0.410 e. The van der Waals surface area contributed by atoms with Crippen LogP contribution in [0.1, 0.15) is 29.9 Å². The largest absolute Gasteiger partial charge is 0.466 e. The van der Waals surface area contributed by atoms with E-state index in [4.69, 9.17) is 0 Å². The number of carbonyl (C=O) groups is 2. The molecule has 0 radical (unpaired) electrons. The van der Waals surface area contributed by atoms with Crippen LogP contribution in [0.4, 0.5) is 19.0 Å². The van der Waals surface area contributed by atoms with Crippen molar-refractivity contribution in [3.63, 3.8) is 0 Å². The zero-order chi connectivity index (χ0) is 17.9. The second-order valence-electron chi connectivity index (χ2n) is 5.33. The number of nitrogens with zero attached hydrogens (tertiary/aromatic N) is 2. The number of carbonyl (C=O) groups excluding carboxylic acids is 2. The summed E-state index contributed by atoms with van der Waals surface area (Å²) in [5.74, 6) is -1.07. The highest BCUT2D eigenvalue weighted by Crippen LogP contribution is 2.39. The fourth-order valence-corrected chi connectivity index (χ4v) is 2.33. The molecule has 24 heavy (non-hydrogen) atoms. The molecule has 2 heterocycles. The molecule has 10 heteroatoms. The van der Waals surface area contributed by atoms with Gasteiger partial charge in [0.2, 0.25) is 0 Å². The summed E-state index contributed by atoms with van der Waals surface area (Å²) in [6.45, 7) is 1.65. The van der Waals surface area contributed by atoms with Crippen LogP contribution < -0.4 is 10.6 Å². The summed E-state index contributed by atoms with van der Waals surface area (Å²) in [7, 11) is 1.21. The van der Waals surface area contributed by atoms with Gasteiger partial charge in [-0.2, -0.15) is 18.3 Å². The molecule has 132 valence electrons. The SMILES string of the molecule is COC(=O)/C=C/CNC(=O)c1cc2n(n1)C(C(F)(F)F)CC(C)N2. The smallest absolute Gasteiger partial charge is 0.410 e. The molecule has 2 rings (SSSR count). The van der Waals surface area contributed by atoms with E-state index in [0.29, 0.717) is 0 Å². The predicted molar refractivity (Wildman–Crippen MR) is 78.5 cm³/mol. The lowest BCUT2D eigenvalue weighted by Gasteiger charge is -2.31. The van der Waals surface area contributed by atoms with Crippen molar-refractivity contribution in [2.24, 2.45) is 0 Å². The van der Waals surface area contributed by atoms with E-state index >= 15 is 0 Å². The van der Waals surface area contributed by atoms with Gasteiger partial charge < -0.3 is 15.4 Å². The Bertz CT molecular complexity index is 654. The Hall–Kier alpha value is -2.52. The molecule has 2 unspecified atom stereocenters. The minimum Gasteiger partial charge on any atom is -0.466 e. The summed E-state index contributed by atoms with van der Waals surface area (Å²) in [5, 5.41) is 9.08. The van der Waals surface area contributed by atoms with E-state index in [-0.39, 0.29) is 30.5 Å². The molecule has 1 amide bonds. The lowest BCUT2D eigenvalue weighted by molar-refractivity contribution is -0.173. The third-order valence-electron chi connectivity index (χ3n) is 3.45. The number of anilines is 1. The first-order valence-electron chi connectivity index (χ1n) is 7.18. The highest BCUT2D eigenvalue weighted by Gasteiger charge is 2.45. The molecule has 2 N–H and O–H groups in total. The summed E-state index contributed by atoms with van der Waals surface area (Å²) < 4.78 is 44.5. The Morgan fingerprint density at radius 1 is 1.54 bits per heavy atom. The van der Waals surface area contributed by atoms with Crippen molar-refractivity contribution in [1.82, 2.24) is 15.1 Å². The number of hydrogen-bond acceptors (Lipinski definition) is 5. The quantitative estimate of drug-likeness (QED) is 0.640. The molecule has 1 aliphatic heterocycles. The summed E-state index contributed by atoms with van der Waals surface area (Å²) in [6.07, 6.45) is -2.13. The summed E-state index contributed by atoms with van der Waals surface area (Å²) in [5.41, 5.74) is -0.132. The van der Waals surface area contributed by atoms with E-state index in [1.54, 1.807) is 6.92 Å². The van der Waals surface area contributed by atoms with Crippen molar-refractivity contribution in [3.05, 3.63) is 23.9 Å². The first kappa shape index (κ1) is 17.8. The van der Waals surface area contributed by atoms with Crippen LogP contribution in [0, 0.1) is 0 Å². The zero-order valence-electron chi connectivity index (χ0n) is 13.1. The van der Waals surface area contributed by atoms with E-state index in [2.05, 4.69) is 20.5 Å². The van der Waals surface area contributed by atoms with Crippen molar-refractivity contribution in [2.45, 2.75) is 31.6 Å². The van der Waals surface area contributed by atoms with Gasteiger partial charge in [0.1, 0.15) is 5.82 Å². The van der Waals surface area contributed by atoms with Gasteiger partial charge in [-0.1, -0.05) is 6.08 Å². The highest BCUT2D eigenvalue weighted by atomic mass is 19.4. The van der Waals surface area contributed by atoms with Crippen LogP contribution in [0.2, 0.25) is 0 Å². The number of aromatic nitrogens is 2. The van der Waals surface area contributed by atoms with Gasteiger partial charge in [-0.3, -0.25) is 4.79 Å². The molecule has 1 aliphatic rings. The maximum absolute atomic E-state index is 13.1. The topological polar surface area (TPSA) is 85.2 Å². The molecule has 0 bridgehead atoms. The van der Waals surface area contributed by atoms with E-state index < -0.39 is 24.1 Å². The molecular formula is C14H17F3N4O3. The molecule has 0 saturated carbocycles.